The lowest BCUT2D eigenvalue weighted by molar-refractivity contribution is -0.118. The van der Waals surface area contributed by atoms with E-state index in [1.165, 1.54) is 6.92 Å². The van der Waals surface area contributed by atoms with Crippen LogP contribution in [0.3, 0.4) is 0 Å². The molecule has 0 aromatic carbocycles. The standard InChI is InChI=1S/C9H9N3O3/c1-4(13)10-6-3-2-5-7(8(6)14)12-9(15)11-5/h3H,2H2,1H3,(H,10,13)(H2,11,12,15). The molecule has 6 heteroatoms. The van der Waals surface area contributed by atoms with E-state index in [9.17, 15) is 14.4 Å². The van der Waals surface area contributed by atoms with E-state index in [1.807, 2.05) is 0 Å². The summed E-state index contributed by atoms with van der Waals surface area (Å²) in [6.07, 6.45) is 2.01. The number of Topliss-reactive ketones (excluding diaryl/α,β-unsaturated/α-hetero) is 1. The predicted molar refractivity (Wildman–Crippen MR) is 51.3 cm³/mol. The van der Waals surface area contributed by atoms with Gasteiger partial charge < -0.3 is 15.3 Å². The number of H-pyrrole nitrogens is 2. The number of ketones is 1. The number of carbonyl (C=O) groups excluding carboxylic acids is 2. The molecule has 6 nitrogen and oxygen atoms in total. The number of nitrogens with one attached hydrogen (secondary N) is 3. The SMILES string of the molecule is CC(=O)NC1=CCc2[nH]c(=O)[nH]c2C1=O. The highest BCUT2D eigenvalue weighted by atomic mass is 16.2. The van der Waals surface area contributed by atoms with E-state index < -0.39 is 5.69 Å². The number of amides is 1. The van der Waals surface area contributed by atoms with Gasteiger partial charge in [0.2, 0.25) is 11.7 Å². The first-order chi connectivity index (χ1) is 7.08. The van der Waals surface area contributed by atoms with Gasteiger partial charge in [0, 0.05) is 13.3 Å². The molecular weight excluding hydrogens is 198 g/mol. The molecule has 0 saturated carbocycles. The maximum atomic E-state index is 11.7. The van der Waals surface area contributed by atoms with Gasteiger partial charge in [-0.25, -0.2) is 4.79 Å². The third kappa shape index (κ3) is 1.61. The first-order valence-corrected chi connectivity index (χ1v) is 4.41. The number of rotatable bonds is 1. The molecule has 1 aromatic rings. The van der Waals surface area contributed by atoms with Crippen molar-refractivity contribution < 1.29 is 9.59 Å². The van der Waals surface area contributed by atoms with Crippen LogP contribution in [0.5, 0.6) is 0 Å². The minimum atomic E-state index is -0.411. The summed E-state index contributed by atoms with van der Waals surface area (Å²) in [6.45, 7) is 1.32. The molecule has 1 aliphatic carbocycles. The summed E-state index contributed by atoms with van der Waals surface area (Å²) in [6, 6.07) is 0. The van der Waals surface area contributed by atoms with E-state index in [1.54, 1.807) is 6.08 Å². The Morgan fingerprint density at radius 2 is 2.13 bits per heavy atom. The molecule has 0 spiro atoms. The second kappa shape index (κ2) is 3.23. The van der Waals surface area contributed by atoms with Crippen molar-refractivity contribution >= 4 is 11.7 Å². The van der Waals surface area contributed by atoms with Crippen molar-refractivity contribution in [3.05, 3.63) is 33.6 Å². The Morgan fingerprint density at radius 3 is 2.80 bits per heavy atom. The van der Waals surface area contributed by atoms with Gasteiger partial charge in [0.05, 0.1) is 11.4 Å². The van der Waals surface area contributed by atoms with Gasteiger partial charge in [-0.3, -0.25) is 9.59 Å². The molecule has 3 N–H and O–H groups in total. The van der Waals surface area contributed by atoms with Gasteiger partial charge >= 0.3 is 5.69 Å². The van der Waals surface area contributed by atoms with Crippen LogP contribution in [0.1, 0.15) is 23.1 Å². The first-order valence-electron chi connectivity index (χ1n) is 4.41. The molecule has 1 heterocycles. The van der Waals surface area contributed by atoms with E-state index in [0.717, 1.165) is 0 Å². The molecule has 15 heavy (non-hydrogen) atoms. The van der Waals surface area contributed by atoms with Crippen LogP contribution in [0.2, 0.25) is 0 Å². The maximum Gasteiger partial charge on any atom is 0.323 e. The molecule has 0 radical (unpaired) electrons. The molecule has 2 rings (SSSR count). The number of fused-ring (bicyclic) bond motifs is 1. The average Bonchev–Trinajstić information content (AvgIpc) is 2.51. The Morgan fingerprint density at radius 1 is 1.40 bits per heavy atom. The predicted octanol–water partition coefficient (Wildman–Crippen LogP) is -0.538. The van der Waals surface area contributed by atoms with Crippen molar-refractivity contribution in [1.82, 2.24) is 15.3 Å². The van der Waals surface area contributed by atoms with Crippen LogP contribution >= 0.6 is 0 Å². The van der Waals surface area contributed by atoms with Crippen molar-refractivity contribution in [1.29, 1.82) is 0 Å². The summed E-state index contributed by atoms with van der Waals surface area (Å²) in [5, 5.41) is 2.42. The lowest BCUT2D eigenvalue weighted by Crippen LogP contribution is -2.28. The summed E-state index contributed by atoms with van der Waals surface area (Å²) >= 11 is 0. The minimum absolute atomic E-state index is 0.213. The van der Waals surface area contributed by atoms with E-state index in [0.29, 0.717) is 12.1 Å². The van der Waals surface area contributed by atoms with Gasteiger partial charge in [0.15, 0.2) is 0 Å². The zero-order valence-electron chi connectivity index (χ0n) is 8.01. The monoisotopic (exact) mass is 207 g/mol. The number of hydrogen-bond donors (Lipinski definition) is 3. The highest BCUT2D eigenvalue weighted by Crippen LogP contribution is 2.14. The highest BCUT2D eigenvalue weighted by molar-refractivity contribution is 6.10. The van der Waals surface area contributed by atoms with Gasteiger partial charge in [-0.2, -0.15) is 0 Å². The molecule has 1 aliphatic rings. The third-order valence-electron chi connectivity index (χ3n) is 2.10. The van der Waals surface area contributed by atoms with Crippen LogP contribution in [0.25, 0.3) is 0 Å². The van der Waals surface area contributed by atoms with E-state index >= 15 is 0 Å². The summed E-state index contributed by atoms with van der Waals surface area (Å²) < 4.78 is 0. The summed E-state index contributed by atoms with van der Waals surface area (Å²) in [4.78, 5) is 38.3. The summed E-state index contributed by atoms with van der Waals surface area (Å²) in [5.74, 6) is -0.680. The number of carbonyl (C=O) groups is 2. The number of aromatic nitrogens is 2. The van der Waals surface area contributed by atoms with Crippen molar-refractivity contribution in [2.75, 3.05) is 0 Å². The van der Waals surface area contributed by atoms with Crippen molar-refractivity contribution in [2.24, 2.45) is 0 Å². The molecule has 1 amide bonds. The van der Waals surface area contributed by atoms with Gasteiger partial charge in [-0.1, -0.05) is 6.08 Å². The number of allylic oxidation sites excluding steroid dienone is 2. The molecule has 0 aliphatic heterocycles. The lowest BCUT2D eigenvalue weighted by Gasteiger charge is -2.11. The van der Waals surface area contributed by atoms with Crippen molar-refractivity contribution in [3.63, 3.8) is 0 Å². The average molecular weight is 207 g/mol. The van der Waals surface area contributed by atoms with Crippen LogP contribution < -0.4 is 11.0 Å². The molecule has 0 unspecified atom stereocenters. The minimum Gasteiger partial charge on any atom is -0.323 e. The zero-order valence-corrected chi connectivity index (χ0v) is 8.01. The summed E-state index contributed by atoms with van der Waals surface area (Å²) in [7, 11) is 0. The molecule has 0 bridgehead atoms. The quantitative estimate of drug-likeness (QED) is 0.577. The second-order valence-electron chi connectivity index (χ2n) is 3.26. The lowest BCUT2D eigenvalue weighted by atomic mass is 10.0. The number of imidazole rings is 1. The Labute approximate surface area is 84.4 Å². The van der Waals surface area contributed by atoms with Crippen LogP contribution in [0, 0.1) is 0 Å². The fourth-order valence-corrected chi connectivity index (χ4v) is 1.50. The molecular formula is C9H9N3O3. The molecule has 0 atom stereocenters. The van der Waals surface area contributed by atoms with Crippen molar-refractivity contribution in [2.45, 2.75) is 13.3 Å². The Hall–Kier alpha value is -2.11. The maximum absolute atomic E-state index is 11.7. The van der Waals surface area contributed by atoms with E-state index in [-0.39, 0.29) is 23.1 Å². The largest absolute Gasteiger partial charge is 0.323 e. The Balaban J connectivity index is 2.36. The van der Waals surface area contributed by atoms with Crippen molar-refractivity contribution in [3.8, 4) is 0 Å². The normalized spacial score (nSPS) is 14.5. The number of hydrogen-bond acceptors (Lipinski definition) is 3. The van der Waals surface area contributed by atoms with Gasteiger partial charge in [0.1, 0.15) is 5.69 Å². The second-order valence-corrected chi connectivity index (χ2v) is 3.26. The number of aromatic amines is 2. The molecule has 78 valence electrons. The summed E-state index contributed by atoms with van der Waals surface area (Å²) in [5.41, 5.74) is 0.585. The van der Waals surface area contributed by atoms with Crippen LogP contribution in [0.4, 0.5) is 0 Å². The fraction of sp³-hybridized carbons (Fsp3) is 0.222. The van der Waals surface area contributed by atoms with Gasteiger partial charge in [-0.05, 0) is 0 Å². The highest BCUT2D eigenvalue weighted by Gasteiger charge is 2.23. The Bertz CT molecular complexity index is 521. The fourth-order valence-electron chi connectivity index (χ4n) is 1.50. The smallest absolute Gasteiger partial charge is 0.323 e. The van der Waals surface area contributed by atoms with Gasteiger partial charge in [-0.15, -0.1) is 0 Å². The van der Waals surface area contributed by atoms with E-state index in [2.05, 4.69) is 15.3 Å². The van der Waals surface area contributed by atoms with E-state index in [4.69, 9.17) is 0 Å². The van der Waals surface area contributed by atoms with Gasteiger partial charge in [0.25, 0.3) is 0 Å². The molecule has 0 fully saturated rings. The topological polar surface area (TPSA) is 94.8 Å². The first kappa shape index (κ1) is 9.45. The molecule has 1 aromatic heterocycles. The van der Waals surface area contributed by atoms with Crippen LogP contribution in [-0.2, 0) is 11.2 Å². The molecule has 0 saturated heterocycles. The zero-order chi connectivity index (χ0) is 11.0. The Kier molecular flexibility index (Phi) is 2.03. The van der Waals surface area contributed by atoms with Crippen LogP contribution in [-0.4, -0.2) is 21.7 Å². The van der Waals surface area contributed by atoms with Crippen LogP contribution in [0.15, 0.2) is 16.6 Å². The third-order valence-corrected chi connectivity index (χ3v) is 2.10.